The number of benzene rings is 1. The van der Waals surface area contributed by atoms with E-state index in [9.17, 15) is 14.9 Å². The number of carbonyl (C=O) groups excluding carboxylic acids is 1. The van der Waals surface area contributed by atoms with Gasteiger partial charge in [-0.2, -0.15) is 4.99 Å². The highest BCUT2D eigenvalue weighted by molar-refractivity contribution is 7.16. The molecule has 3 rings (SSSR count). The fourth-order valence-corrected chi connectivity index (χ4v) is 3.29. The molecule has 9 nitrogen and oxygen atoms in total. The predicted octanol–water partition coefficient (Wildman–Crippen LogP) is 1.47. The topological polar surface area (TPSA) is 105 Å². The molecule has 2 aromatic rings. The van der Waals surface area contributed by atoms with Gasteiger partial charge in [-0.15, -0.1) is 0 Å². The minimum atomic E-state index is -0.578. The van der Waals surface area contributed by atoms with Gasteiger partial charge in [-0.25, -0.2) is 0 Å². The van der Waals surface area contributed by atoms with Gasteiger partial charge >= 0.3 is 5.91 Å². The number of hydrogen-bond donors (Lipinski definition) is 0. The number of amides is 1. The highest BCUT2D eigenvalue weighted by Gasteiger charge is 2.18. The Labute approximate surface area is 139 Å². The minimum absolute atomic E-state index is 0.0247. The molecule has 0 saturated heterocycles. The molecule has 0 bridgehead atoms. The summed E-state index contributed by atoms with van der Waals surface area (Å²) in [7, 11) is 3.13. The van der Waals surface area contributed by atoms with Gasteiger partial charge in [0.1, 0.15) is 25.0 Å². The fraction of sp³-hybridized carbons (Fsp3) is 0.286. The number of rotatable bonds is 3. The second kappa shape index (κ2) is 6.32. The van der Waals surface area contributed by atoms with E-state index < -0.39 is 10.8 Å². The molecule has 1 amide bonds. The second-order valence-electron chi connectivity index (χ2n) is 4.81. The molecule has 1 aromatic carbocycles. The first kappa shape index (κ1) is 16.0. The zero-order valence-electron chi connectivity index (χ0n) is 12.8. The van der Waals surface area contributed by atoms with Gasteiger partial charge in [0.25, 0.3) is 5.69 Å². The van der Waals surface area contributed by atoms with E-state index in [-0.39, 0.29) is 18.1 Å². The lowest BCUT2D eigenvalue weighted by Crippen LogP contribution is -2.18. The Morgan fingerprint density at radius 1 is 1.46 bits per heavy atom. The van der Waals surface area contributed by atoms with E-state index in [1.807, 2.05) is 0 Å². The number of methoxy groups -OCH3 is 1. The van der Waals surface area contributed by atoms with Crippen molar-refractivity contribution in [2.24, 2.45) is 12.0 Å². The van der Waals surface area contributed by atoms with E-state index in [0.29, 0.717) is 27.4 Å². The quantitative estimate of drug-likeness (QED) is 0.612. The number of hydrogen-bond acceptors (Lipinski definition) is 7. The van der Waals surface area contributed by atoms with Gasteiger partial charge in [0.15, 0.2) is 10.6 Å². The van der Waals surface area contributed by atoms with Gasteiger partial charge in [0.05, 0.1) is 22.8 Å². The summed E-state index contributed by atoms with van der Waals surface area (Å²) in [6.45, 7) is 0.667. The summed E-state index contributed by atoms with van der Waals surface area (Å²) in [6, 6.07) is 2.76. The number of carbonyl (C=O) groups is 1. The molecular weight excluding hydrogens is 338 g/mol. The van der Waals surface area contributed by atoms with Crippen molar-refractivity contribution >= 4 is 33.1 Å². The van der Waals surface area contributed by atoms with E-state index in [4.69, 9.17) is 14.2 Å². The SMILES string of the molecule is COc1cc([N+](=O)[O-])cc2sc(=NC(=O)C3=COCCO3)n(C)c12. The Kier molecular flexibility index (Phi) is 4.21. The lowest BCUT2D eigenvalue weighted by atomic mass is 10.2. The van der Waals surface area contributed by atoms with Gasteiger partial charge in [0, 0.05) is 13.1 Å². The summed E-state index contributed by atoms with van der Waals surface area (Å²) in [5.41, 5.74) is 0.528. The molecule has 0 N–H and O–H groups in total. The molecule has 1 aliphatic rings. The molecule has 1 aromatic heterocycles. The molecule has 0 atom stereocenters. The van der Waals surface area contributed by atoms with Crippen LogP contribution in [0.3, 0.4) is 0 Å². The number of aryl methyl sites for hydroxylation is 1. The number of nitro groups is 1. The van der Waals surface area contributed by atoms with Crippen molar-refractivity contribution in [1.29, 1.82) is 0 Å². The smallest absolute Gasteiger partial charge is 0.317 e. The maximum absolute atomic E-state index is 12.1. The number of ether oxygens (including phenoxy) is 3. The largest absolute Gasteiger partial charge is 0.494 e. The van der Waals surface area contributed by atoms with E-state index >= 15 is 0 Å². The van der Waals surface area contributed by atoms with Crippen LogP contribution >= 0.6 is 11.3 Å². The van der Waals surface area contributed by atoms with Crippen molar-refractivity contribution in [2.45, 2.75) is 0 Å². The predicted molar refractivity (Wildman–Crippen MR) is 84.6 cm³/mol. The average Bonchev–Trinajstić information content (AvgIpc) is 2.90. The van der Waals surface area contributed by atoms with Crippen LogP contribution in [0.15, 0.2) is 29.1 Å². The van der Waals surface area contributed by atoms with Crippen LogP contribution in [-0.2, 0) is 21.3 Å². The van der Waals surface area contributed by atoms with Gasteiger partial charge in [-0.05, 0) is 0 Å². The number of thiazole rings is 1. The Morgan fingerprint density at radius 3 is 2.88 bits per heavy atom. The highest BCUT2D eigenvalue weighted by atomic mass is 32.1. The van der Waals surface area contributed by atoms with Crippen molar-refractivity contribution in [1.82, 2.24) is 4.57 Å². The van der Waals surface area contributed by atoms with Crippen molar-refractivity contribution in [3.63, 3.8) is 0 Å². The molecule has 10 heteroatoms. The Balaban J connectivity index is 2.14. The zero-order chi connectivity index (χ0) is 17.3. The van der Waals surface area contributed by atoms with Crippen LogP contribution < -0.4 is 9.54 Å². The van der Waals surface area contributed by atoms with Crippen LogP contribution in [0.5, 0.6) is 5.75 Å². The molecular formula is C14H13N3O6S. The van der Waals surface area contributed by atoms with Crippen molar-refractivity contribution in [2.75, 3.05) is 20.3 Å². The second-order valence-corrected chi connectivity index (χ2v) is 5.82. The first-order valence-corrected chi connectivity index (χ1v) is 7.68. The highest BCUT2D eigenvalue weighted by Crippen LogP contribution is 2.32. The van der Waals surface area contributed by atoms with Crippen LogP contribution in [0, 0.1) is 10.1 Å². The maximum atomic E-state index is 12.1. The van der Waals surface area contributed by atoms with Crippen LogP contribution in [0.2, 0.25) is 0 Å². The van der Waals surface area contributed by atoms with Crippen LogP contribution in [-0.4, -0.2) is 35.7 Å². The van der Waals surface area contributed by atoms with Crippen molar-refractivity contribution in [3.8, 4) is 5.75 Å². The summed E-state index contributed by atoms with van der Waals surface area (Å²) in [4.78, 5) is 27.0. The lowest BCUT2D eigenvalue weighted by Gasteiger charge is -2.12. The number of fused-ring (bicyclic) bond motifs is 1. The van der Waals surface area contributed by atoms with E-state index in [0.717, 1.165) is 11.3 Å². The number of nitrogens with zero attached hydrogens (tertiary/aromatic N) is 3. The third-order valence-corrected chi connectivity index (χ3v) is 4.41. The monoisotopic (exact) mass is 351 g/mol. The summed E-state index contributed by atoms with van der Waals surface area (Å²) in [5.74, 6) is -0.217. The molecule has 0 aliphatic carbocycles. The minimum Gasteiger partial charge on any atom is -0.494 e. The summed E-state index contributed by atoms with van der Waals surface area (Å²) >= 11 is 1.14. The molecule has 0 radical (unpaired) electrons. The van der Waals surface area contributed by atoms with Gasteiger partial charge < -0.3 is 18.8 Å². The molecule has 0 fully saturated rings. The molecule has 0 spiro atoms. The molecule has 126 valence electrons. The summed E-state index contributed by atoms with van der Waals surface area (Å²) in [5, 5.41) is 11.0. The van der Waals surface area contributed by atoms with E-state index in [2.05, 4.69) is 4.99 Å². The number of aromatic nitrogens is 1. The first-order chi connectivity index (χ1) is 11.5. The maximum Gasteiger partial charge on any atom is 0.317 e. The number of nitro benzene ring substituents is 1. The molecule has 0 saturated carbocycles. The molecule has 0 unspecified atom stereocenters. The average molecular weight is 351 g/mol. The third-order valence-electron chi connectivity index (χ3n) is 3.34. The molecule has 1 aliphatic heterocycles. The Bertz CT molecular complexity index is 926. The normalized spacial score (nSPS) is 14.8. The van der Waals surface area contributed by atoms with Crippen LogP contribution in [0.1, 0.15) is 0 Å². The van der Waals surface area contributed by atoms with Gasteiger partial charge in [0.2, 0.25) is 5.76 Å². The standard InChI is InChI=1S/C14H13N3O6S/c1-16-12-9(21-2)5-8(17(19)20)6-11(12)24-14(16)15-13(18)10-7-22-3-4-23-10/h5-7H,3-4H2,1-2H3. The Morgan fingerprint density at radius 2 is 2.25 bits per heavy atom. The molecule has 24 heavy (non-hydrogen) atoms. The van der Waals surface area contributed by atoms with E-state index in [1.165, 1.54) is 25.5 Å². The lowest BCUT2D eigenvalue weighted by molar-refractivity contribution is -0.384. The number of non-ortho nitro benzene ring substituents is 1. The van der Waals surface area contributed by atoms with Crippen molar-refractivity contribution in [3.05, 3.63) is 39.1 Å². The zero-order valence-corrected chi connectivity index (χ0v) is 13.7. The van der Waals surface area contributed by atoms with Gasteiger partial charge in [-0.3, -0.25) is 14.9 Å². The van der Waals surface area contributed by atoms with Crippen LogP contribution in [0.4, 0.5) is 5.69 Å². The molecule has 2 heterocycles. The summed E-state index contributed by atoms with van der Waals surface area (Å²) in [6.07, 6.45) is 1.23. The van der Waals surface area contributed by atoms with Gasteiger partial charge in [-0.1, -0.05) is 11.3 Å². The first-order valence-electron chi connectivity index (χ1n) is 6.87. The summed E-state index contributed by atoms with van der Waals surface area (Å²) < 4.78 is 17.7. The third kappa shape index (κ3) is 2.83. The van der Waals surface area contributed by atoms with Crippen molar-refractivity contribution < 1.29 is 23.9 Å². The van der Waals surface area contributed by atoms with Crippen LogP contribution in [0.25, 0.3) is 10.2 Å². The Hall–Kier alpha value is -2.88. The van der Waals surface area contributed by atoms with E-state index in [1.54, 1.807) is 11.6 Å². The fourth-order valence-electron chi connectivity index (χ4n) is 2.22.